The van der Waals surface area contributed by atoms with Crippen LogP contribution in [0.4, 0.5) is 0 Å². The number of rotatable bonds is 12. The molecule has 6 saturated heterocycles. The van der Waals surface area contributed by atoms with Crippen LogP contribution in [0.25, 0.3) is 44.6 Å². The molecule has 0 aliphatic carbocycles. The predicted molar refractivity (Wildman–Crippen MR) is 239 cm³/mol. The molecule has 6 aliphatic heterocycles. The molecule has 2 unspecified atom stereocenters. The highest BCUT2D eigenvalue weighted by molar-refractivity contribution is 5.85. The summed E-state index contributed by atoms with van der Waals surface area (Å²) in [6.45, 7) is 12.5. The molecule has 314 valence electrons. The van der Waals surface area contributed by atoms with E-state index in [1.807, 2.05) is 64.2 Å². The van der Waals surface area contributed by atoms with E-state index in [1.165, 1.54) is 12.8 Å². The number of nitrogens with zero attached hydrogens (tertiary/aromatic N) is 11. The first-order chi connectivity index (χ1) is 30.5. The molecular formula is C49H51N11O2. The quantitative estimate of drug-likeness (QED) is 0.113. The van der Waals surface area contributed by atoms with E-state index in [4.69, 9.17) is 45.0 Å². The van der Waals surface area contributed by atoms with Crippen molar-refractivity contribution < 1.29 is 9.47 Å². The molecule has 13 nitrogen and oxygen atoms in total. The smallest absolute Gasteiger partial charge is 0.131 e. The summed E-state index contributed by atoms with van der Waals surface area (Å²) in [4.78, 5) is 19.9. The van der Waals surface area contributed by atoms with Crippen LogP contribution in [0, 0.1) is 23.7 Å². The second-order valence-electron chi connectivity index (χ2n) is 17.5. The van der Waals surface area contributed by atoms with E-state index in [9.17, 15) is 0 Å². The Kier molecular flexibility index (Phi) is 9.88. The van der Waals surface area contributed by atoms with Crippen LogP contribution in [0.15, 0.2) is 117 Å². The molecule has 13 heteroatoms. The third kappa shape index (κ3) is 6.65. The van der Waals surface area contributed by atoms with E-state index in [1.54, 1.807) is 14.2 Å². The van der Waals surface area contributed by atoms with Crippen LogP contribution in [-0.4, -0.2) is 107 Å². The fourth-order valence-corrected chi connectivity index (χ4v) is 11.3. The first-order valence-corrected chi connectivity index (χ1v) is 21.9. The lowest BCUT2D eigenvalue weighted by Crippen LogP contribution is -2.56. The molecule has 62 heavy (non-hydrogen) atoms. The van der Waals surface area contributed by atoms with Gasteiger partial charge in [0.05, 0.1) is 61.1 Å². The minimum atomic E-state index is -0.112. The highest BCUT2D eigenvalue weighted by Crippen LogP contribution is 2.46. The zero-order valence-corrected chi connectivity index (χ0v) is 35.2. The fraction of sp³-hybridized carbons (Fsp3) is 0.367. The Morgan fingerprint density at radius 2 is 1.11 bits per heavy atom. The number of pyridine rings is 3. The number of hydrogen-bond donors (Lipinski definition) is 0. The minimum Gasteiger partial charge on any atom is -0.497 e. The summed E-state index contributed by atoms with van der Waals surface area (Å²) in [5, 5.41) is 21.4. The van der Waals surface area contributed by atoms with Gasteiger partial charge < -0.3 is 9.47 Å². The van der Waals surface area contributed by atoms with Crippen molar-refractivity contribution >= 4 is 21.8 Å². The van der Waals surface area contributed by atoms with Crippen LogP contribution < -0.4 is 9.47 Å². The van der Waals surface area contributed by atoms with Gasteiger partial charge in [0.1, 0.15) is 22.9 Å². The number of piperidine rings is 6. The van der Waals surface area contributed by atoms with E-state index in [-0.39, 0.29) is 24.2 Å². The molecule has 0 radical (unpaired) electrons. The van der Waals surface area contributed by atoms with E-state index >= 15 is 0 Å². The molecule has 11 heterocycles. The molecule has 0 spiro atoms. The van der Waals surface area contributed by atoms with Crippen LogP contribution in [0.1, 0.15) is 48.9 Å². The minimum absolute atomic E-state index is 0.112. The average Bonchev–Trinajstić information content (AvgIpc) is 4.03. The molecule has 6 fully saturated rings. The SMILES string of the molecule is C=C[C@H]1CN2CC[C@H]1C[C@H]2[C@H](c1ccnc2ccc(OC)cc12)n1cc(-c2cccc(-c3cn([C@@H](c4ccnc5ccc(OC)cc45)[C@@H]4C[C@@H]5CCN4C[C@@H]5C=C)nn3)n2)nn1. The second kappa shape index (κ2) is 15.9. The van der Waals surface area contributed by atoms with Crippen molar-refractivity contribution in [3.05, 3.63) is 128 Å². The van der Waals surface area contributed by atoms with Crippen molar-refractivity contribution in [3.8, 4) is 34.3 Å². The molecule has 6 aliphatic rings. The third-order valence-electron chi connectivity index (χ3n) is 14.5. The van der Waals surface area contributed by atoms with Crippen molar-refractivity contribution in [2.24, 2.45) is 23.7 Å². The maximum atomic E-state index is 5.69. The van der Waals surface area contributed by atoms with Gasteiger partial charge in [0.25, 0.3) is 0 Å². The maximum Gasteiger partial charge on any atom is 0.131 e. The van der Waals surface area contributed by atoms with Crippen molar-refractivity contribution in [1.29, 1.82) is 0 Å². The molecule has 5 aromatic heterocycles. The largest absolute Gasteiger partial charge is 0.497 e. The van der Waals surface area contributed by atoms with E-state index in [0.29, 0.717) is 35.1 Å². The van der Waals surface area contributed by atoms with Crippen molar-refractivity contribution in [1.82, 2.24) is 54.7 Å². The van der Waals surface area contributed by atoms with Gasteiger partial charge in [-0.1, -0.05) is 28.6 Å². The van der Waals surface area contributed by atoms with E-state index < -0.39 is 0 Å². The van der Waals surface area contributed by atoms with Gasteiger partial charge >= 0.3 is 0 Å². The summed E-state index contributed by atoms with van der Waals surface area (Å²) >= 11 is 0. The van der Waals surface area contributed by atoms with Gasteiger partial charge in [0.2, 0.25) is 0 Å². The first-order valence-electron chi connectivity index (χ1n) is 21.9. The zero-order valence-electron chi connectivity index (χ0n) is 35.2. The summed E-state index contributed by atoms with van der Waals surface area (Å²) in [5.74, 6) is 3.74. The highest BCUT2D eigenvalue weighted by atomic mass is 16.5. The van der Waals surface area contributed by atoms with Crippen molar-refractivity contribution in [3.63, 3.8) is 0 Å². The Bertz CT molecular complexity index is 2620. The van der Waals surface area contributed by atoms with Crippen molar-refractivity contribution in [2.75, 3.05) is 40.4 Å². The van der Waals surface area contributed by atoms with Gasteiger partial charge in [-0.25, -0.2) is 14.3 Å². The lowest BCUT2D eigenvalue weighted by atomic mass is 9.73. The normalized spacial score (nSPS) is 26.4. The van der Waals surface area contributed by atoms with E-state index in [2.05, 4.69) is 71.8 Å². The Labute approximate surface area is 361 Å². The predicted octanol–water partition coefficient (Wildman–Crippen LogP) is 7.68. The average molecular weight is 826 g/mol. The van der Waals surface area contributed by atoms with Gasteiger partial charge in [0.15, 0.2) is 0 Å². The Morgan fingerprint density at radius 1 is 0.629 bits per heavy atom. The van der Waals surface area contributed by atoms with Crippen LogP contribution in [0.3, 0.4) is 0 Å². The fourth-order valence-electron chi connectivity index (χ4n) is 11.3. The summed E-state index contributed by atoms with van der Waals surface area (Å²) in [5.41, 5.74) is 6.96. The summed E-state index contributed by atoms with van der Waals surface area (Å²) in [6.07, 6.45) is 16.7. The molecule has 2 aromatic carbocycles. The number of ether oxygens (including phenoxy) is 2. The first kappa shape index (κ1) is 38.6. The van der Waals surface area contributed by atoms with Crippen LogP contribution >= 0.6 is 0 Å². The number of fused-ring (bicyclic) bond motifs is 8. The molecule has 10 atom stereocenters. The van der Waals surface area contributed by atoms with Gasteiger partial charge in [-0.2, -0.15) is 0 Å². The second-order valence-corrected chi connectivity index (χ2v) is 17.5. The van der Waals surface area contributed by atoms with Crippen LogP contribution in [0.2, 0.25) is 0 Å². The lowest BCUT2D eigenvalue weighted by molar-refractivity contribution is -0.000131. The Hall–Kier alpha value is -6.31. The number of benzene rings is 2. The Balaban J connectivity index is 0.954. The summed E-state index contributed by atoms with van der Waals surface area (Å²) in [6, 6.07) is 22.7. The zero-order chi connectivity index (χ0) is 41.9. The molecule has 13 rings (SSSR count). The van der Waals surface area contributed by atoms with Gasteiger partial charge in [-0.05, 0) is 134 Å². The number of aromatic nitrogens is 9. The molecule has 0 saturated carbocycles. The van der Waals surface area contributed by atoms with Crippen molar-refractivity contribution in [2.45, 2.75) is 49.9 Å². The van der Waals surface area contributed by atoms with Gasteiger partial charge in [-0.15, -0.1) is 23.4 Å². The standard InChI is InChI=1S/C49H51N11O2/c1-5-30-26-57-20-16-32(30)22-46(57)48(36-14-18-50-40-12-10-34(61-3)24-38(36)40)59-28-44(53-55-59)42-8-7-9-43(52-42)45-29-60(56-54-45)49(47-23-33-17-21-58(47)27-31(33)6-2)37-15-19-51-41-13-11-35(62-4)25-39(37)41/h5-15,18-19,24-25,28-33,46-49H,1-2,16-17,20-23,26-27H2,3-4H3/t30-,31-,32-,33-,46-,47-,48-,49-/m0/s1. The monoisotopic (exact) mass is 825 g/mol. The van der Waals surface area contributed by atoms with Gasteiger partial charge in [0, 0.05) is 48.3 Å². The molecule has 4 bridgehead atoms. The summed E-state index contributed by atoms with van der Waals surface area (Å²) in [7, 11) is 3.41. The maximum absolute atomic E-state index is 5.69. The molecular weight excluding hydrogens is 775 g/mol. The molecule has 7 aromatic rings. The van der Waals surface area contributed by atoms with E-state index in [0.717, 1.165) is 94.8 Å². The van der Waals surface area contributed by atoms with Crippen LogP contribution in [-0.2, 0) is 0 Å². The molecule has 0 amide bonds. The van der Waals surface area contributed by atoms with Crippen LogP contribution in [0.5, 0.6) is 11.5 Å². The number of methoxy groups -OCH3 is 2. The highest BCUT2D eigenvalue weighted by Gasteiger charge is 2.45. The number of hydrogen-bond acceptors (Lipinski definition) is 11. The Morgan fingerprint density at radius 3 is 1.53 bits per heavy atom. The lowest BCUT2D eigenvalue weighted by Gasteiger charge is -2.51. The third-order valence-corrected chi connectivity index (χ3v) is 14.5. The van der Waals surface area contributed by atoms with Gasteiger partial charge in [-0.3, -0.25) is 19.8 Å². The summed E-state index contributed by atoms with van der Waals surface area (Å²) < 4.78 is 15.5. The topological polar surface area (TPSA) is 125 Å². The molecule has 0 N–H and O–H groups in total.